The first-order valence-electron chi connectivity index (χ1n) is 7.11. The Balaban J connectivity index is 1.64. The first kappa shape index (κ1) is 14.4. The summed E-state index contributed by atoms with van der Waals surface area (Å²) in [5.41, 5.74) is 0.782. The SMILES string of the molecule is OC(Cc1cc(F)ccc1Br)C1CN2CCCC2CO1. The van der Waals surface area contributed by atoms with Gasteiger partial charge in [0.15, 0.2) is 0 Å². The number of fused-ring (bicyclic) bond motifs is 1. The minimum atomic E-state index is -0.602. The molecule has 2 heterocycles. The summed E-state index contributed by atoms with van der Waals surface area (Å²) in [6.07, 6.45) is 2.03. The molecule has 3 unspecified atom stereocenters. The van der Waals surface area contributed by atoms with Gasteiger partial charge in [0.2, 0.25) is 0 Å². The fraction of sp³-hybridized carbons (Fsp3) is 0.600. The van der Waals surface area contributed by atoms with Crippen LogP contribution in [0.4, 0.5) is 4.39 Å². The lowest BCUT2D eigenvalue weighted by molar-refractivity contribution is -0.101. The molecule has 0 spiro atoms. The van der Waals surface area contributed by atoms with Crippen LogP contribution >= 0.6 is 15.9 Å². The molecule has 3 rings (SSSR count). The molecule has 3 atom stereocenters. The molecule has 20 heavy (non-hydrogen) atoms. The Kier molecular flexibility index (Phi) is 4.40. The number of aliphatic hydroxyl groups is 1. The summed E-state index contributed by atoms with van der Waals surface area (Å²) in [5, 5.41) is 10.4. The maximum Gasteiger partial charge on any atom is 0.123 e. The molecule has 0 radical (unpaired) electrons. The van der Waals surface area contributed by atoms with E-state index in [1.54, 1.807) is 6.07 Å². The molecule has 2 aliphatic rings. The highest BCUT2D eigenvalue weighted by Crippen LogP contribution is 2.26. The van der Waals surface area contributed by atoms with Crippen LogP contribution in [0.25, 0.3) is 0 Å². The Bertz CT molecular complexity index is 485. The molecule has 0 saturated carbocycles. The van der Waals surface area contributed by atoms with Crippen molar-refractivity contribution < 1.29 is 14.2 Å². The van der Waals surface area contributed by atoms with E-state index in [9.17, 15) is 9.50 Å². The zero-order chi connectivity index (χ0) is 14.1. The van der Waals surface area contributed by atoms with Gasteiger partial charge in [0.05, 0.1) is 18.8 Å². The van der Waals surface area contributed by atoms with Crippen molar-refractivity contribution in [3.63, 3.8) is 0 Å². The van der Waals surface area contributed by atoms with Crippen molar-refractivity contribution in [3.8, 4) is 0 Å². The number of nitrogens with zero attached hydrogens (tertiary/aromatic N) is 1. The van der Waals surface area contributed by atoms with E-state index in [-0.39, 0.29) is 11.9 Å². The standard InChI is InChI=1S/C15H19BrFNO2/c16-13-4-3-11(17)6-10(13)7-14(19)15-8-18-5-1-2-12(18)9-20-15/h3-4,6,12,14-15,19H,1-2,5,7-9H2. The van der Waals surface area contributed by atoms with Gasteiger partial charge in [-0.1, -0.05) is 15.9 Å². The van der Waals surface area contributed by atoms with Gasteiger partial charge in [-0.3, -0.25) is 4.90 Å². The second-order valence-electron chi connectivity index (χ2n) is 5.67. The third kappa shape index (κ3) is 3.06. The van der Waals surface area contributed by atoms with Crippen molar-refractivity contribution >= 4 is 15.9 Å². The molecule has 2 saturated heterocycles. The van der Waals surface area contributed by atoms with Gasteiger partial charge in [0, 0.05) is 23.5 Å². The van der Waals surface area contributed by atoms with Gasteiger partial charge in [0.1, 0.15) is 5.82 Å². The summed E-state index contributed by atoms with van der Waals surface area (Å²) in [4.78, 5) is 2.40. The second-order valence-corrected chi connectivity index (χ2v) is 6.52. The second kappa shape index (κ2) is 6.10. The lowest BCUT2D eigenvalue weighted by Crippen LogP contribution is -2.50. The van der Waals surface area contributed by atoms with E-state index in [2.05, 4.69) is 20.8 Å². The average Bonchev–Trinajstić information content (AvgIpc) is 2.90. The maximum atomic E-state index is 13.3. The van der Waals surface area contributed by atoms with Crippen molar-refractivity contribution in [2.75, 3.05) is 19.7 Å². The van der Waals surface area contributed by atoms with Crippen LogP contribution in [0.3, 0.4) is 0 Å². The Morgan fingerprint density at radius 3 is 3.20 bits per heavy atom. The van der Waals surface area contributed by atoms with Crippen LogP contribution in [-0.2, 0) is 11.2 Å². The summed E-state index contributed by atoms with van der Waals surface area (Å²) in [6.45, 7) is 2.58. The van der Waals surface area contributed by atoms with Gasteiger partial charge < -0.3 is 9.84 Å². The molecule has 1 N–H and O–H groups in total. The lowest BCUT2D eigenvalue weighted by Gasteiger charge is -2.37. The average molecular weight is 344 g/mol. The third-order valence-electron chi connectivity index (χ3n) is 4.28. The molecule has 0 bridgehead atoms. The van der Waals surface area contributed by atoms with Gasteiger partial charge in [0.25, 0.3) is 0 Å². The molecule has 1 aromatic rings. The zero-order valence-corrected chi connectivity index (χ0v) is 12.9. The number of halogens is 2. The molecule has 3 nitrogen and oxygen atoms in total. The van der Waals surface area contributed by atoms with E-state index in [1.807, 2.05) is 0 Å². The van der Waals surface area contributed by atoms with Crippen molar-refractivity contribution in [2.45, 2.75) is 37.5 Å². The molecule has 5 heteroatoms. The van der Waals surface area contributed by atoms with E-state index in [4.69, 9.17) is 4.74 Å². The fourth-order valence-corrected chi connectivity index (χ4v) is 3.54. The molecular formula is C15H19BrFNO2. The molecule has 0 aliphatic carbocycles. The van der Waals surface area contributed by atoms with Gasteiger partial charge in [-0.05, 0) is 43.1 Å². The Hall–Kier alpha value is -0.490. The lowest BCUT2D eigenvalue weighted by atomic mass is 10.0. The Morgan fingerprint density at radius 2 is 2.35 bits per heavy atom. The number of hydrogen-bond acceptors (Lipinski definition) is 3. The van der Waals surface area contributed by atoms with Gasteiger partial charge in [-0.25, -0.2) is 4.39 Å². The van der Waals surface area contributed by atoms with Crippen LogP contribution in [0.1, 0.15) is 18.4 Å². The topological polar surface area (TPSA) is 32.7 Å². The van der Waals surface area contributed by atoms with Crippen LogP contribution in [0.5, 0.6) is 0 Å². The first-order valence-corrected chi connectivity index (χ1v) is 7.90. The molecule has 2 aliphatic heterocycles. The van der Waals surface area contributed by atoms with E-state index >= 15 is 0 Å². The summed E-state index contributed by atoms with van der Waals surface area (Å²) < 4.78 is 19.9. The normalized spacial score (nSPS) is 28.4. The molecule has 0 amide bonds. The fourth-order valence-electron chi connectivity index (χ4n) is 3.13. The van der Waals surface area contributed by atoms with Gasteiger partial charge in [-0.15, -0.1) is 0 Å². The number of rotatable bonds is 3. The van der Waals surface area contributed by atoms with E-state index in [0.717, 1.165) is 23.1 Å². The van der Waals surface area contributed by atoms with E-state index in [1.165, 1.54) is 25.0 Å². The van der Waals surface area contributed by atoms with Crippen molar-refractivity contribution in [1.82, 2.24) is 4.90 Å². The quantitative estimate of drug-likeness (QED) is 0.914. The van der Waals surface area contributed by atoms with Crippen LogP contribution in [0.15, 0.2) is 22.7 Å². The van der Waals surface area contributed by atoms with Crippen LogP contribution < -0.4 is 0 Å². The van der Waals surface area contributed by atoms with Crippen molar-refractivity contribution in [1.29, 1.82) is 0 Å². The highest BCUT2D eigenvalue weighted by Gasteiger charge is 2.35. The van der Waals surface area contributed by atoms with Crippen molar-refractivity contribution in [3.05, 3.63) is 34.1 Å². The summed E-state index contributed by atoms with van der Waals surface area (Å²) in [6, 6.07) is 5.08. The summed E-state index contributed by atoms with van der Waals surface area (Å²) in [5.74, 6) is -0.278. The molecule has 2 fully saturated rings. The van der Waals surface area contributed by atoms with Crippen LogP contribution in [-0.4, -0.2) is 48.0 Å². The molecule has 110 valence electrons. The van der Waals surface area contributed by atoms with Crippen LogP contribution in [0.2, 0.25) is 0 Å². The minimum Gasteiger partial charge on any atom is -0.390 e. The van der Waals surface area contributed by atoms with E-state index < -0.39 is 6.10 Å². The smallest absolute Gasteiger partial charge is 0.123 e. The van der Waals surface area contributed by atoms with Gasteiger partial charge >= 0.3 is 0 Å². The van der Waals surface area contributed by atoms with Gasteiger partial charge in [-0.2, -0.15) is 0 Å². The number of aliphatic hydroxyl groups excluding tert-OH is 1. The predicted octanol–water partition coefficient (Wildman–Crippen LogP) is 2.35. The van der Waals surface area contributed by atoms with E-state index in [0.29, 0.717) is 19.1 Å². The summed E-state index contributed by atoms with van der Waals surface area (Å²) >= 11 is 3.40. The summed E-state index contributed by atoms with van der Waals surface area (Å²) in [7, 11) is 0. The number of hydrogen-bond donors (Lipinski definition) is 1. The monoisotopic (exact) mass is 343 g/mol. The largest absolute Gasteiger partial charge is 0.390 e. The van der Waals surface area contributed by atoms with Crippen molar-refractivity contribution in [2.24, 2.45) is 0 Å². The van der Waals surface area contributed by atoms with Crippen LogP contribution in [0, 0.1) is 5.82 Å². The molecule has 1 aromatic carbocycles. The Labute approximate surface area is 126 Å². The third-order valence-corrected chi connectivity index (χ3v) is 5.06. The first-order chi connectivity index (χ1) is 9.63. The zero-order valence-electron chi connectivity index (χ0n) is 11.3. The predicted molar refractivity (Wildman–Crippen MR) is 78.1 cm³/mol. The minimum absolute atomic E-state index is 0.181. The number of benzene rings is 1. The number of ether oxygens (including phenoxy) is 1. The maximum absolute atomic E-state index is 13.3. The highest BCUT2D eigenvalue weighted by molar-refractivity contribution is 9.10. The number of morpholine rings is 1. The highest BCUT2D eigenvalue weighted by atomic mass is 79.9. The molecular weight excluding hydrogens is 325 g/mol. The Morgan fingerprint density at radius 1 is 1.50 bits per heavy atom. The molecule has 0 aromatic heterocycles.